The van der Waals surface area contributed by atoms with Crippen LogP contribution in [0.1, 0.15) is 33.1 Å². The van der Waals surface area contributed by atoms with Crippen LogP contribution in [0.5, 0.6) is 0 Å². The van der Waals surface area contributed by atoms with E-state index in [1.54, 1.807) is 0 Å². The summed E-state index contributed by atoms with van der Waals surface area (Å²) in [5, 5.41) is 0. The first-order chi connectivity index (χ1) is 5.24. The number of piperidine rings is 1. The van der Waals surface area contributed by atoms with Gasteiger partial charge in [0.1, 0.15) is 0 Å². The third-order valence-electron chi connectivity index (χ3n) is 2.90. The average molecular weight is 147 g/mol. The first-order valence-electron chi connectivity index (χ1n) is 4.98. The van der Waals surface area contributed by atoms with Crippen molar-refractivity contribution in [3.05, 3.63) is 0 Å². The van der Waals surface area contributed by atoms with E-state index in [0.717, 1.165) is 10.6 Å². The molecule has 0 aliphatic carbocycles. The van der Waals surface area contributed by atoms with E-state index in [1.807, 2.05) is 0 Å². The molecule has 0 aromatic heterocycles. The van der Waals surface area contributed by atoms with Gasteiger partial charge >= 0.3 is 79.4 Å². The van der Waals surface area contributed by atoms with Crippen molar-refractivity contribution in [1.29, 1.82) is 0 Å². The summed E-state index contributed by atoms with van der Waals surface area (Å²) in [6.07, 6.45) is 4.14. The van der Waals surface area contributed by atoms with E-state index < -0.39 is 0 Å². The molecule has 0 radical (unpaired) electrons. The van der Waals surface area contributed by atoms with Crippen LogP contribution in [-0.4, -0.2) is 40.4 Å². The van der Waals surface area contributed by atoms with Crippen molar-refractivity contribution in [1.82, 2.24) is 4.90 Å². The van der Waals surface area contributed by atoms with Crippen molar-refractivity contribution in [3.63, 3.8) is 0 Å². The van der Waals surface area contributed by atoms with Gasteiger partial charge in [-0.3, -0.25) is 0 Å². The van der Waals surface area contributed by atoms with Crippen LogP contribution < -0.4 is 0 Å². The molecule has 1 aliphatic heterocycles. The molecule has 0 N–H and O–H groups in total. The molecule has 2 unspecified atom stereocenters. The fraction of sp³-hybridized carbons (Fsp3) is 1.00. The Morgan fingerprint density at radius 3 is 2.91 bits per heavy atom. The van der Waals surface area contributed by atoms with Crippen molar-refractivity contribution >= 4 is 17.7 Å². The zero-order valence-corrected chi connectivity index (χ0v) is 8.14. The van der Waals surface area contributed by atoms with Crippen LogP contribution in [0.3, 0.4) is 0 Å². The molecule has 1 nitrogen and oxygen atoms in total. The molecule has 0 amide bonds. The normalized spacial score (nSPS) is 30.4. The van der Waals surface area contributed by atoms with E-state index in [9.17, 15) is 0 Å². The van der Waals surface area contributed by atoms with Crippen LogP contribution in [-0.2, 0) is 0 Å². The fourth-order valence-corrected chi connectivity index (χ4v) is 1.88. The molecule has 1 aliphatic rings. The van der Waals surface area contributed by atoms with Crippen molar-refractivity contribution in [3.8, 4) is 0 Å². The van der Waals surface area contributed by atoms with Gasteiger partial charge in [-0.25, -0.2) is 0 Å². The zero-order valence-electron chi connectivity index (χ0n) is 8.14. The molecular formula is C9H18LiN. The van der Waals surface area contributed by atoms with Gasteiger partial charge in [0.2, 0.25) is 0 Å². The first kappa shape index (κ1) is 9.64. The summed E-state index contributed by atoms with van der Waals surface area (Å²) in [7, 11) is 0. The van der Waals surface area contributed by atoms with Gasteiger partial charge in [0.25, 0.3) is 0 Å². The van der Waals surface area contributed by atoms with Crippen LogP contribution >= 0.6 is 0 Å². The van der Waals surface area contributed by atoms with Crippen LogP contribution in [0, 0.1) is 5.92 Å². The molecule has 1 fully saturated rings. The number of hydrogen-bond donors (Lipinski definition) is 0. The second-order valence-electron chi connectivity index (χ2n) is 4.00. The number of hydrogen-bond acceptors (Lipinski definition) is 1. The molecule has 2 heteroatoms. The first-order valence-corrected chi connectivity index (χ1v) is 4.98. The van der Waals surface area contributed by atoms with Crippen molar-refractivity contribution in [2.75, 3.05) is 13.1 Å². The Balaban J connectivity index is 2.33. The summed E-state index contributed by atoms with van der Waals surface area (Å²) in [6, 6.07) is 0. The molecule has 11 heavy (non-hydrogen) atoms. The molecule has 0 spiro atoms. The second kappa shape index (κ2) is 4.55. The summed E-state index contributed by atoms with van der Waals surface area (Å²) >= 11 is 2.35. The van der Waals surface area contributed by atoms with E-state index in [2.05, 4.69) is 36.5 Å². The van der Waals surface area contributed by atoms with Gasteiger partial charge in [-0.2, -0.15) is 0 Å². The zero-order chi connectivity index (χ0) is 8.27. The van der Waals surface area contributed by atoms with Gasteiger partial charge in [-0.05, 0) is 0 Å². The molecule has 1 heterocycles. The second-order valence-corrected chi connectivity index (χ2v) is 4.00. The Hall–Kier alpha value is 0.557. The number of nitrogens with zero attached hydrogens (tertiary/aromatic N) is 1. The molecule has 0 aromatic carbocycles. The van der Waals surface area contributed by atoms with Gasteiger partial charge in [0.15, 0.2) is 0 Å². The molecule has 0 aromatic rings. The maximum absolute atomic E-state index is 2.63. The Labute approximate surface area is 79.7 Å². The monoisotopic (exact) mass is 147 g/mol. The Morgan fingerprint density at radius 1 is 1.64 bits per heavy atom. The van der Waals surface area contributed by atoms with Crippen LogP contribution in [0.15, 0.2) is 0 Å². The summed E-state index contributed by atoms with van der Waals surface area (Å²) in [5.74, 6) is 0.928. The van der Waals surface area contributed by atoms with E-state index in [1.165, 1.54) is 32.4 Å². The summed E-state index contributed by atoms with van der Waals surface area (Å²) < 4.78 is 0.803. The Morgan fingerprint density at radius 2 is 2.36 bits per heavy atom. The topological polar surface area (TPSA) is 3.24 Å². The third-order valence-corrected chi connectivity index (χ3v) is 2.90. The molecule has 1 saturated heterocycles. The third kappa shape index (κ3) is 2.82. The summed E-state index contributed by atoms with van der Waals surface area (Å²) in [4.78, 5) is 2.63. The Kier molecular flexibility index (Phi) is 3.99. The standard InChI is InChI=1S/C9H18N.Li/c1-3-6-10-7-4-5-9(2)8-10;/h6,9H,3-5,7-8H2,1-2H3;. The van der Waals surface area contributed by atoms with E-state index >= 15 is 0 Å². The quantitative estimate of drug-likeness (QED) is 0.536. The molecule has 0 bridgehead atoms. The molecule has 60 valence electrons. The average Bonchev–Trinajstić information content (AvgIpc) is 2.03. The van der Waals surface area contributed by atoms with Gasteiger partial charge in [0, 0.05) is 0 Å². The summed E-state index contributed by atoms with van der Waals surface area (Å²) in [5.41, 5.74) is 0. The van der Waals surface area contributed by atoms with Crippen molar-refractivity contribution < 1.29 is 0 Å². The molecule has 1 rings (SSSR count). The molecule has 0 saturated carbocycles. The predicted molar refractivity (Wildman–Crippen MR) is 49.8 cm³/mol. The predicted octanol–water partition coefficient (Wildman–Crippen LogP) is 1.62. The molecular weight excluding hydrogens is 129 g/mol. The van der Waals surface area contributed by atoms with E-state index in [-0.39, 0.29) is 0 Å². The minimum absolute atomic E-state index is 0.803. The fourth-order valence-electron chi connectivity index (χ4n) is 1.88. The Bertz CT molecular complexity index is 116. The van der Waals surface area contributed by atoms with Gasteiger partial charge in [-0.15, -0.1) is 0 Å². The summed E-state index contributed by atoms with van der Waals surface area (Å²) in [6.45, 7) is 7.31. The number of likely N-dealkylation sites (tertiary alicyclic amines) is 1. The minimum atomic E-state index is 0.803. The van der Waals surface area contributed by atoms with Crippen molar-refractivity contribution in [2.45, 2.75) is 37.8 Å². The number of rotatable bonds is 2. The van der Waals surface area contributed by atoms with Crippen LogP contribution in [0.2, 0.25) is 0 Å². The van der Waals surface area contributed by atoms with Gasteiger partial charge < -0.3 is 0 Å². The SMILES string of the molecule is [Li][CH](CC)N1CCCC(C)C1. The molecule has 2 atom stereocenters. The van der Waals surface area contributed by atoms with Crippen LogP contribution in [0.4, 0.5) is 0 Å². The van der Waals surface area contributed by atoms with Crippen LogP contribution in [0.25, 0.3) is 0 Å². The maximum atomic E-state index is 2.63. The van der Waals surface area contributed by atoms with Crippen molar-refractivity contribution in [2.24, 2.45) is 5.92 Å². The van der Waals surface area contributed by atoms with Gasteiger partial charge in [0.05, 0.1) is 0 Å². The van der Waals surface area contributed by atoms with Gasteiger partial charge in [-0.1, -0.05) is 0 Å². The van der Waals surface area contributed by atoms with E-state index in [4.69, 9.17) is 0 Å². The van der Waals surface area contributed by atoms with E-state index in [0.29, 0.717) is 0 Å².